The number of hydrogen-bond acceptors (Lipinski definition) is 9. The minimum absolute atomic E-state index is 0.121. The Morgan fingerprint density at radius 3 is 2.52 bits per heavy atom. The lowest BCUT2D eigenvalue weighted by Gasteiger charge is -2.38. The van der Waals surface area contributed by atoms with Crippen molar-refractivity contribution in [3.8, 4) is 0 Å². The highest BCUT2D eigenvalue weighted by atomic mass is 32.1. The monoisotopic (exact) mass is 369 g/mol. The molecular formula is C16H23N3O5S. The topological polar surface area (TPSA) is 113 Å². The van der Waals surface area contributed by atoms with Gasteiger partial charge in [-0.15, -0.1) is 11.3 Å². The van der Waals surface area contributed by atoms with Gasteiger partial charge in [-0.2, -0.15) is 0 Å². The molecule has 1 aliphatic rings. The van der Waals surface area contributed by atoms with Crippen molar-refractivity contribution in [3.63, 3.8) is 0 Å². The van der Waals surface area contributed by atoms with Gasteiger partial charge in [-0.05, 0) is 34.1 Å². The SMILES string of the molecule is CCOC(=O)C(=NOC1(C(=O)OC(C)(C)C)CCC1)c1csc(N)n1. The maximum atomic E-state index is 12.4. The highest BCUT2D eigenvalue weighted by molar-refractivity contribution is 7.13. The molecule has 1 aromatic heterocycles. The number of rotatable bonds is 6. The molecule has 0 aromatic carbocycles. The van der Waals surface area contributed by atoms with Crippen LogP contribution in [0.4, 0.5) is 5.13 Å². The standard InChI is InChI=1S/C16H23N3O5S/c1-5-22-12(20)11(10-9-25-14(17)18-10)19-24-16(7-6-8-16)13(21)23-15(2,3)4/h9H,5-8H2,1-4H3,(H2,17,18). The summed E-state index contributed by atoms with van der Waals surface area (Å²) in [5.41, 5.74) is 3.93. The fourth-order valence-corrected chi connectivity index (χ4v) is 2.67. The molecule has 0 atom stereocenters. The van der Waals surface area contributed by atoms with Gasteiger partial charge in [-0.25, -0.2) is 14.6 Å². The van der Waals surface area contributed by atoms with Crippen LogP contribution in [0.25, 0.3) is 0 Å². The summed E-state index contributed by atoms with van der Waals surface area (Å²) in [5, 5.41) is 5.77. The molecule has 0 amide bonds. The lowest BCUT2D eigenvalue weighted by molar-refractivity contribution is -0.196. The van der Waals surface area contributed by atoms with Crippen molar-refractivity contribution < 1.29 is 23.9 Å². The zero-order valence-corrected chi connectivity index (χ0v) is 15.6. The summed E-state index contributed by atoms with van der Waals surface area (Å²) in [4.78, 5) is 34.1. The molecule has 2 rings (SSSR count). The van der Waals surface area contributed by atoms with E-state index in [1.807, 2.05) is 0 Å². The lowest BCUT2D eigenvalue weighted by atomic mass is 9.80. The molecule has 0 spiro atoms. The fourth-order valence-electron chi connectivity index (χ4n) is 2.12. The van der Waals surface area contributed by atoms with Crippen molar-refractivity contribution in [3.05, 3.63) is 11.1 Å². The second kappa shape index (κ2) is 7.38. The van der Waals surface area contributed by atoms with E-state index in [-0.39, 0.29) is 23.1 Å². The zero-order chi connectivity index (χ0) is 18.7. The molecule has 0 unspecified atom stereocenters. The first-order valence-electron chi connectivity index (χ1n) is 8.05. The quantitative estimate of drug-likeness (QED) is 0.465. The zero-order valence-electron chi connectivity index (χ0n) is 14.8. The molecule has 0 bridgehead atoms. The molecule has 0 radical (unpaired) electrons. The van der Waals surface area contributed by atoms with Crippen LogP contribution < -0.4 is 5.73 Å². The summed E-state index contributed by atoms with van der Waals surface area (Å²) in [6.45, 7) is 7.20. The highest BCUT2D eigenvalue weighted by Gasteiger charge is 2.50. The molecule has 8 nitrogen and oxygen atoms in total. The smallest absolute Gasteiger partial charge is 0.362 e. The van der Waals surface area contributed by atoms with Crippen molar-refractivity contribution >= 4 is 34.1 Å². The van der Waals surface area contributed by atoms with Gasteiger partial charge in [0.05, 0.1) is 6.61 Å². The summed E-state index contributed by atoms with van der Waals surface area (Å²) >= 11 is 1.17. The second-order valence-corrected chi connectivity index (χ2v) is 7.56. The molecule has 9 heteroatoms. The maximum absolute atomic E-state index is 12.4. The van der Waals surface area contributed by atoms with Crippen molar-refractivity contribution in [1.29, 1.82) is 0 Å². The van der Waals surface area contributed by atoms with Gasteiger partial charge in [0, 0.05) is 18.2 Å². The van der Waals surface area contributed by atoms with Gasteiger partial charge in [0.15, 0.2) is 5.13 Å². The van der Waals surface area contributed by atoms with Crippen molar-refractivity contribution in [2.45, 2.75) is 58.2 Å². The van der Waals surface area contributed by atoms with Gasteiger partial charge in [0.2, 0.25) is 11.3 Å². The molecule has 1 fully saturated rings. The van der Waals surface area contributed by atoms with Crippen LogP contribution in [0.2, 0.25) is 0 Å². The number of thiazole rings is 1. The van der Waals surface area contributed by atoms with Crippen molar-refractivity contribution in [2.75, 3.05) is 12.3 Å². The van der Waals surface area contributed by atoms with Crippen LogP contribution in [0, 0.1) is 0 Å². The first-order valence-corrected chi connectivity index (χ1v) is 8.93. The molecule has 1 heterocycles. The second-order valence-electron chi connectivity index (χ2n) is 6.67. The largest absolute Gasteiger partial charge is 0.461 e. The van der Waals surface area contributed by atoms with Gasteiger partial charge in [0.1, 0.15) is 11.3 Å². The van der Waals surface area contributed by atoms with E-state index in [0.717, 1.165) is 6.42 Å². The lowest BCUT2D eigenvalue weighted by Crippen LogP contribution is -2.50. The van der Waals surface area contributed by atoms with Crippen LogP contribution >= 0.6 is 11.3 Å². The molecule has 138 valence electrons. The van der Waals surface area contributed by atoms with E-state index < -0.39 is 23.1 Å². The third-order valence-electron chi connectivity index (χ3n) is 3.48. The van der Waals surface area contributed by atoms with Gasteiger partial charge in [-0.1, -0.05) is 5.16 Å². The van der Waals surface area contributed by atoms with Gasteiger partial charge in [-0.3, -0.25) is 0 Å². The highest BCUT2D eigenvalue weighted by Crippen LogP contribution is 2.38. The van der Waals surface area contributed by atoms with E-state index in [4.69, 9.17) is 20.0 Å². The van der Waals surface area contributed by atoms with E-state index in [9.17, 15) is 9.59 Å². The average Bonchev–Trinajstić information content (AvgIpc) is 2.86. The number of oxime groups is 1. The fraction of sp³-hybridized carbons (Fsp3) is 0.625. The van der Waals surface area contributed by atoms with E-state index in [2.05, 4.69) is 10.1 Å². The molecular weight excluding hydrogens is 346 g/mol. The number of esters is 2. The van der Waals surface area contributed by atoms with Gasteiger partial charge < -0.3 is 20.0 Å². The molecule has 25 heavy (non-hydrogen) atoms. The summed E-state index contributed by atoms with van der Waals surface area (Å²) in [7, 11) is 0. The minimum atomic E-state index is -1.17. The predicted molar refractivity (Wildman–Crippen MR) is 93.2 cm³/mol. The van der Waals surface area contributed by atoms with Crippen LogP contribution in [-0.4, -0.2) is 40.4 Å². The van der Waals surface area contributed by atoms with Crippen molar-refractivity contribution in [1.82, 2.24) is 4.98 Å². The summed E-state index contributed by atoms with van der Waals surface area (Å²) in [6, 6.07) is 0. The Balaban J connectivity index is 2.23. The number of anilines is 1. The Morgan fingerprint density at radius 1 is 1.40 bits per heavy atom. The van der Waals surface area contributed by atoms with Crippen LogP contribution in [0.3, 0.4) is 0 Å². The number of carbonyl (C=O) groups is 2. The summed E-state index contributed by atoms with van der Waals surface area (Å²) in [6.07, 6.45) is 1.76. The predicted octanol–water partition coefficient (Wildman–Crippen LogP) is 2.27. The number of aromatic nitrogens is 1. The molecule has 0 aliphatic heterocycles. The Labute approximate surface area is 150 Å². The molecule has 2 N–H and O–H groups in total. The number of carbonyl (C=O) groups excluding carboxylic acids is 2. The average molecular weight is 369 g/mol. The van der Waals surface area contributed by atoms with Gasteiger partial charge in [0.25, 0.3) is 0 Å². The number of nitrogen functional groups attached to an aromatic ring is 1. The normalized spacial score (nSPS) is 16.7. The van der Waals surface area contributed by atoms with Crippen LogP contribution in [-0.2, 0) is 23.9 Å². The van der Waals surface area contributed by atoms with Gasteiger partial charge >= 0.3 is 11.9 Å². The summed E-state index contributed by atoms with van der Waals surface area (Å²) in [5.74, 6) is -1.18. The van der Waals surface area contributed by atoms with E-state index in [0.29, 0.717) is 12.8 Å². The first kappa shape index (κ1) is 19.2. The molecule has 1 aromatic rings. The summed E-state index contributed by atoms with van der Waals surface area (Å²) < 4.78 is 10.4. The molecule has 1 aliphatic carbocycles. The van der Waals surface area contributed by atoms with Crippen LogP contribution in [0.5, 0.6) is 0 Å². The van der Waals surface area contributed by atoms with Crippen LogP contribution in [0.15, 0.2) is 10.5 Å². The maximum Gasteiger partial charge on any atom is 0.362 e. The molecule has 1 saturated carbocycles. The van der Waals surface area contributed by atoms with Crippen molar-refractivity contribution in [2.24, 2.45) is 5.16 Å². The van der Waals surface area contributed by atoms with E-state index >= 15 is 0 Å². The minimum Gasteiger partial charge on any atom is -0.461 e. The number of nitrogens with zero attached hydrogens (tertiary/aromatic N) is 2. The third kappa shape index (κ3) is 4.68. The number of hydrogen-bond donors (Lipinski definition) is 1. The Kier molecular flexibility index (Phi) is 5.66. The Hall–Kier alpha value is -2.16. The van der Waals surface area contributed by atoms with E-state index in [1.165, 1.54) is 11.3 Å². The first-order chi connectivity index (χ1) is 11.7. The number of ether oxygens (including phenoxy) is 2. The third-order valence-corrected chi connectivity index (χ3v) is 4.15. The van der Waals surface area contributed by atoms with E-state index in [1.54, 1.807) is 33.1 Å². The van der Waals surface area contributed by atoms with Crippen LogP contribution in [0.1, 0.15) is 52.7 Å². The Bertz CT molecular complexity index is 674. The number of nitrogens with two attached hydrogens (primary N) is 1. The molecule has 0 saturated heterocycles. The Morgan fingerprint density at radius 2 is 2.08 bits per heavy atom.